The topological polar surface area (TPSA) is 50.7 Å². The molecule has 1 amide bonds. The van der Waals surface area contributed by atoms with Gasteiger partial charge in [0.2, 0.25) is 5.91 Å². The number of carbonyl (C=O) groups is 1. The maximum absolute atomic E-state index is 12.1. The summed E-state index contributed by atoms with van der Waals surface area (Å²) >= 11 is 0. The number of nitrogens with zero attached hydrogens (tertiary/aromatic N) is 1. The van der Waals surface area contributed by atoms with E-state index in [1.807, 2.05) is 64.1 Å². The molecule has 4 rings (SSSR count). The number of hydrogen-bond acceptors (Lipinski definition) is 7. The molecule has 4 aromatic carbocycles. The molecule has 4 aromatic rings. The number of hydrogen-bond donors (Lipinski definition) is 1. The number of rotatable bonds is 16. The molecule has 1 N–H and O–H groups in total. The number of benzene rings is 4. The van der Waals surface area contributed by atoms with E-state index in [0.717, 1.165) is 39.9 Å². The molecule has 206 valence electrons. The van der Waals surface area contributed by atoms with Crippen LogP contribution in [-0.2, 0) is 28.7 Å². The fourth-order valence-corrected chi connectivity index (χ4v) is 7.75. The summed E-state index contributed by atoms with van der Waals surface area (Å²) in [4.78, 5) is 12.1. The van der Waals surface area contributed by atoms with Crippen molar-refractivity contribution in [1.82, 2.24) is 5.43 Å². The highest BCUT2D eigenvalue weighted by atomic mass is 33.1. The number of ether oxygens (including phenoxy) is 1. The summed E-state index contributed by atoms with van der Waals surface area (Å²) in [5.41, 5.74) is 8.54. The van der Waals surface area contributed by atoms with Gasteiger partial charge in [-0.2, -0.15) is 5.10 Å². The van der Waals surface area contributed by atoms with Crippen molar-refractivity contribution in [3.63, 3.8) is 0 Å². The summed E-state index contributed by atoms with van der Waals surface area (Å²) < 4.78 is 6.04. The van der Waals surface area contributed by atoms with Crippen molar-refractivity contribution in [2.75, 3.05) is 5.75 Å². The fraction of sp³-hybridized carbons (Fsp3) is 0.188. The monoisotopic (exact) mass is 604 g/mol. The zero-order chi connectivity index (χ0) is 27.7. The van der Waals surface area contributed by atoms with Crippen molar-refractivity contribution in [2.45, 2.75) is 30.3 Å². The Labute approximate surface area is 253 Å². The standard InChI is InChI=1S/C32H32N2O2S4/c35-32(17-18-37-38-23-26-9-3-1-4-10-26)34-33-21-28-13-8-16-31(20-28)36-22-29-14-7-15-30(19-29)25-40-39-24-27-11-5-2-6-12-27/h1-16,19-21H,17-18,22-25H2,(H,34,35)/b33-21-. The van der Waals surface area contributed by atoms with E-state index in [2.05, 4.69) is 77.3 Å². The summed E-state index contributed by atoms with van der Waals surface area (Å²) in [6.45, 7) is 0.493. The first-order valence-electron chi connectivity index (χ1n) is 12.9. The Kier molecular flexibility index (Phi) is 13.4. The van der Waals surface area contributed by atoms with Gasteiger partial charge in [0.05, 0.1) is 6.21 Å². The van der Waals surface area contributed by atoms with E-state index in [-0.39, 0.29) is 5.91 Å². The van der Waals surface area contributed by atoms with Crippen molar-refractivity contribution >= 4 is 55.3 Å². The van der Waals surface area contributed by atoms with Crippen LogP contribution in [-0.4, -0.2) is 17.9 Å². The molecule has 0 aliphatic heterocycles. The lowest BCUT2D eigenvalue weighted by Crippen LogP contribution is -2.17. The molecule has 0 bridgehead atoms. The Balaban J connectivity index is 1.13. The zero-order valence-electron chi connectivity index (χ0n) is 22.1. The lowest BCUT2D eigenvalue weighted by molar-refractivity contribution is -0.120. The molecular formula is C32H32N2O2S4. The van der Waals surface area contributed by atoms with Crippen LogP contribution in [0.2, 0.25) is 0 Å². The van der Waals surface area contributed by atoms with Gasteiger partial charge in [0.25, 0.3) is 0 Å². The molecule has 0 aromatic heterocycles. The van der Waals surface area contributed by atoms with Crippen LogP contribution in [0.25, 0.3) is 0 Å². The first-order chi connectivity index (χ1) is 19.7. The van der Waals surface area contributed by atoms with Gasteiger partial charge in [-0.15, -0.1) is 0 Å². The molecule has 0 spiro atoms. The molecule has 0 radical (unpaired) electrons. The highest BCUT2D eigenvalue weighted by Gasteiger charge is 2.03. The Hall–Kier alpha value is -2.78. The van der Waals surface area contributed by atoms with Crippen LogP contribution in [0.3, 0.4) is 0 Å². The molecule has 0 atom stereocenters. The van der Waals surface area contributed by atoms with E-state index in [1.165, 1.54) is 16.7 Å². The van der Waals surface area contributed by atoms with Gasteiger partial charge < -0.3 is 4.74 Å². The van der Waals surface area contributed by atoms with Crippen LogP contribution in [0.1, 0.15) is 34.2 Å². The van der Waals surface area contributed by atoms with Crippen LogP contribution in [0.15, 0.2) is 114 Å². The molecule has 0 unspecified atom stereocenters. The van der Waals surface area contributed by atoms with E-state index in [9.17, 15) is 4.79 Å². The Morgan fingerprint density at radius 3 is 2.00 bits per heavy atom. The second kappa shape index (κ2) is 17.8. The highest BCUT2D eigenvalue weighted by Crippen LogP contribution is 2.30. The molecule has 0 aliphatic rings. The van der Waals surface area contributed by atoms with Crippen LogP contribution in [0.4, 0.5) is 0 Å². The van der Waals surface area contributed by atoms with Crippen LogP contribution in [0, 0.1) is 0 Å². The Morgan fingerprint density at radius 2 is 1.27 bits per heavy atom. The van der Waals surface area contributed by atoms with Gasteiger partial charge in [-0.05, 0) is 39.9 Å². The summed E-state index contributed by atoms with van der Waals surface area (Å²) in [6, 6.07) is 37.1. The van der Waals surface area contributed by atoms with Gasteiger partial charge in [-0.3, -0.25) is 4.79 Å². The molecule has 0 fully saturated rings. The van der Waals surface area contributed by atoms with E-state index < -0.39 is 0 Å². The first kappa shape index (κ1) is 30.2. The summed E-state index contributed by atoms with van der Waals surface area (Å²) in [6.07, 6.45) is 2.07. The predicted molar refractivity (Wildman–Crippen MR) is 177 cm³/mol. The minimum Gasteiger partial charge on any atom is -0.489 e. The average molecular weight is 605 g/mol. The number of hydrazone groups is 1. The third kappa shape index (κ3) is 11.8. The molecule has 0 saturated heterocycles. The largest absolute Gasteiger partial charge is 0.489 e. The van der Waals surface area contributed by atoms with Crippen LogP contribution in [0.5, 0.6) is 5.75 Å². The SMILES string of the molecule is O=C(CCSSCc1ccccc1)N/N=C\c1cccc(OCc2cccc(CSSCc3ccccc3)c2)c1. The Bertz CT molecular complexity index is 1340. The molecule has 40 heavy (non-hydrogen) atoms. The average Bonchev–Trinajstić information content (AvgIpc) is 3.00. The van der Waals surface area contributed by atoms with Gasteiger partial charge in [-0.25, -0.2) is 5.43 Å². The van der Waals surface area contributed by atoms with Gasteiger partial charge >= 0.3 is 0 Å². The first-order valence-corrected chi connectivity index (χ1v) is 17.9. The normalized spacial score (nSPS) is 11.0. The molecule has 4 nitrogen and oxygen atoms in total. The van der Waals surface area contributed by atoms with Gasteiger partial charge in [-0.1, -0.05) is 140 Å². The van der Waals surface area contributed by atoms with E-state index >= 15 is 0 Å². The van der Waals surface area contributed by atoms with E-state index in [1.54, 1.807) is 27.8 Å². The third-order valence-corrected chi connectivity index (χ3v) is 10.2. The van der Waals surface area contributed by atoms with Crippen LogP contribution >= 0.6 is 43.2 Å². The van der Waals surface area contributed by atoms with Crippen molar-refractivity contribution in [3.05, 3.63) is 137 Å². The fourth-order valence-electron chi connectivity index (χ4n) is 3.57. The number of nitrogens with one attached hydrogen (secondary N) is 1. The molecular weight excluding hydrogens is 573 g/mol. The van der Waals surface area contributed by atoms with Crippen molar-refractivity contribution < 1.29 is 9.53 Å². The molecule has 8 heteroatoms. The maximum Gasteiger partial charge on any atom is 0.240 e. The highest BCUT2D eigenvalue weighted by molar-refractivity contribution is 8.76. The quantitative estimate of drug-likeness (QED) is 0.0597. The number of carbonyl (C=O) groups excluding carboxylic acids is 1. The summed E-state index contributed by atoms with van der Waals surface area (Å²) in [5, 5.41) is 4.11. The summed E-state index contributed by atoms with van der Waals surface area (Å²) in [7, 11) is 7.21. The van der Waals surface area contributed by atoms with E-state index in [4.69, 9.17) is 4.74 Å². The van der Waals surface area contributed by atoms with E-state index in [0.29, 0.717) is 13.0 Å². The minimum atomic E-state index is -0.0898. The van der Waals surface area contributed by atoms with Crippen molar-refractivity contribution in [1.29, 1.82) is 0 Å². The van der Waals surface area contributed by atoms with Crippen molar-refractivity contribution in [3.8, 4) is 5.75 Å². The van der Waals surface area contributed by atoms with Crippen molar-refractivity contribution in [2.24, 2.45) is 5.10 Å². The maximum atomic E-state index is 12.1. The lowest BCUT2D eigenvalue weighted by Gasteiger charge is -2.09. The van der Waals surface area contributed by atoms with Gasteiger partial charge in [0.15, 0.2) is 0 Å². The second-order valence-corrected chi connectivity index (χ2v) is 13.8. The number of amides is 1. The smallest absolute Gasteiger partial charge is 0.240 e. The zero-order valence-corrected chi connectivity index (χ0v) is 25.4. The third-order valence-electron chi connectivity index (χ3n) is 5.60. The second-order valence-electron chi connectivity index (χ2n) is 8.80. The molecule has 0 saturated carbocycles. The molecule has 0 heterocycles. The molecule has 0 aliphatic carbocycles. The summed E-state index contributed by atoms with van der Waals surface area (Å²) in [5.74, 6) is 4.31. The Morgan fingerprint density at radius 1 is 0.675 bits per heavy atom. The predicted octanol–water partition coefficient (Wildman–Crippen LogP) is 8.77. The van der Waals surface area contributed by atoms with Gasteiger partial charge in [0, 0.05) is 29.4 Å². The van der Waals surface area contributed by atoms with Crippen LogP contribution < -0.4 is 10.2 Å². The minimum absolute atomic E-state index is 0.0898. The van der Waals surface area contributed by atoms with Gasteiger partial charge in [0.1, 0.15) is 12.4 Å². The lowest BCUT2D eigenvalue weighted by atomic mass is 10.1.